The topological polar surface area (TPSA) is 80.5 Å². The van der Waals surface area contributed by atoms with Gasteiger partial charge in [-0.05, 0) is 18.6 Å². The highest BCUT2D eigenvalue weighted by molar-refractivity contribution is 5.97. The molecule has 2 atom stereocenters. The molecule has 0 spiro atoms. The minimum Gasteiger partial charge on any atom is -0.504 e. The van der Waals surface area contributed by atoms with Crippen LogP contribution in [0.15, 0.2) is 24.4 Å². The third-order valence-corrected chi connectivity index (χ3v) is 4.43. The summed E-state index contributed by atoms with van der Waals surface area (Å²) in [6.45, 7) is 1.34. The molecule has 2 aliphatic rings. The van der Waals surface area contributed by atoms with Gasteiger partial charge >= 0.3 is 0 Å². The third-order valence-electron chi connectivity index (χ3n) is 4.43. The van der Waals surface area contributed by atoms with E-state index in [9.17, 15) is 14.3 Å². The highest BCUT2D eigenvalue weighted by atomic mass is 19.1. The number of amides is 1. The van der Waals surface area contributed by atoms with Crippen LogP contribution in [0.4, 0.5) is 4.39 Å². The number of nitrogens with zero attached hydrogens (tertiary/aromatic N) is 4. The fourth-order valence-electron chi connectivity index (χ4n) is 3.22. The predicted octanol–water partition coefficient (Wildman–Crippen LogP) is 1.11. The third kappa shape index (κ3) is 2.26. The Bertz CT molecular complexity index is 763. The molecule has 0 unspecified atom stereocenters. The normalized spacial score (nSPS) is 23.3. The second kappa shape index (κ2) is 5.31. The van der Waals surface area contributed by atoms with E-state index in [1.165, 1.54) is 12.1 Å². The van der Waals surface area contributed by atoms with Crippen molar-refractivity contribution in [3.63, 3.8) is 0 Å². The van der Waals surface area contributed by atoms with Crippen LogP contribution in [0.25, 0.3) is 0 Å². The fourth-order valence-corrected chi connectivity index (χ4v) is 3.22. The molecule has 1 fully saturated rings. The van der Waals surface area contributed by atoms with Gasteiger partial charge in [-0.15, -0.1) is 5.10 Å². The van der Waals surface area contributed by atoms with Gasteiger partial charge < -0.3 is 14.7 Å². The molecule has 0 bridgehead atoms. The lowest BCUT2D eigenvalue weighted by Gasteiger charge is -2.41. The summed E-state index contributed by atoms with van der Waals surface area (Å²) in [5, 5.41) is 17.7. The van der Waals surface area contributed by atoms with Crippen LogP contribution < -0.4 is 0 Å². The molecule has 0 radical (unpaired) electrons. The summed E-state index contributed by atoms with van der Waals surface area (Å²) in [5.74, 6) is -1.81. The minimum atomic E-state index is -0.801. The lowest BCUT2D eigenvalue weighted by molar-refractivity contribution is -0.0605. The predicted molar refractivity (Wildman–Crippen MR) is 76.2 cm³/mol. The maximum absolute atomic E-state index is 13.5. The molecule has 7 nitrogen and oxygen atoms in total. The summed E-state index contributed by atoms with van der Waals surface area (Å²) in [5.41, 5.74) is 0.841. The van der Waals surface area contributed by atoms with Crippen molar-refractivity contribution in [1.29, 1.82) is 0 Å². The zero-order valence-electron chi connectivity index (χ0n) is 12.2. The smallest absolute Gasteiger partial charge is 0.257 e. The molecular formula is C15H15FN4O3. The number of fused-ring (bicyclic) bond motifs is 3. The van der Waals surface area contributed by atoms with Gasteiger partial charge in [0.05, 0.1) is 36.2 Å². The van der Waals surface area contributed by atoms with E-state index in [0.717, 1.165) is 11.8 Å². The number of halogens is 1. The molecule has 1 aromatic heterocycles. The number of para-hydroxylation sites is 1. The van der Waals surface area contributed by atoms with E-state index in [2.05, 4.69) is 10.3 Å². The second-order valence-corrected chi connectivity index (χ2v) is 5.76. The van der Waals surface area contributed by atoms with E-state index < -0.39 is 17.5 Å². The minimum absolute atomic E-state index is 0.0191. The van der Waals surface area contributed by atoms with Gasteiger partial charge in [0.25, 0.3) is 5.91 Å². The van der Waals surface area contributed by atoms with E-state index in [1.807, 2.05) is 0 Å². The lowest BCUT2D eigenvalue weighted by Crippen LogP contribution is -2.49. The van der Waals surface area contributed by atoms with Crippen molar-refractivity contribution in [2.24, 2.45) is 0 Å². The first-order chi connectivity index (χ1) is 11.1. The molecule has 120 valence electrons. The van der Waals surface area contributed by atoms with Crippen LogP contribution in [0.2, 0.25) is 0 Å². The maximum Gasteiger partial charge on any atom is 0.257 e. The first-order valence-electron chi connectivity index (χ1n) is 7.42. The molecule has 1 saturated heterocycles. The van der Waals surface area contributed by atoms with Crippen LogP contribution in [-0.4, -0.2) is 50.1 Å². The number of phenols is 1. The lowest BCUT2D eigenvalue weighted by atomic mass is 9.99. The first kappa shape index (κ1) is 14.1. The van der Waals surface area contributed by atoms with Crippen LogP contribution in [0.1, 0.15) is 28.5 Å². The Labute approximate surface area is 131 Å². The average Bonchev–Trinajstić information content (AvgIpc) is 3.05. The summed E-state index contributed by atoms with van der Waals surface area (Å²) in [6, 6.07) is 3.84. The number of aromatic hydroxyl groups is 1. The summed E-state index contributed by atoms with van der Waals surface area (Å²) >= 11 is 0. The number of likely N-dealkylation sites (tertiary alicyclic amines) is 1. The number of carbonyl (C=O) groups excluding carboxylic acids is 1. The van der Waals surface area contributed by atoms with Gasteiger partial charge in [-0.25, -0.2) is 9.07 Å². The van der Waals surface area contributed by atoms with E-state index in [-0.39, 0.29) is 17.7 Å². The number of aromatic nitrogens is 3. The Morgan fingerprint density at radius 2 is 2.30 bits per heavy atom. The SMILES string of the molecule is O=C(c1cccc(F)c1O)N1CC[C@H]2OCc3cnnn3[C@H]2C1. The van der Waals surface area contributed by atoms with Crippen LogP contribution in [-0.2, 0) is 11.3 Å². The Kier molecular flexibility index (Phi) is 3.26. The molecule has 3 heterocycles. The summed E-state index contributed by atoms with van der Waals surface area (Å²) in [7, 11) is 0. The van der Waals surface area contributed by atoms with Gasteiger partial charge in [0.2, 0.25) is 0 Å². The number of carbonyl (C=O) groups is 1. The highest BCUT2D eigenvalue weighted by Crippen LogP contribution is 2.31. The second-order valence-electron chi connectivity index (χ2n) is 5.76. The Balaban J connectivity index is 1.60. The number of hydrogen-bond donors (Lipinski definition) is 1. The summed E-state index contributed by atoms with van der Waals surface area (Å²) < 4.78 is 21.1. The van der Waals surface area contributed by atoms with Crippen molar-refractivity contribution < 1.29 is 19.0 Å². The van der Waals surface area contributed by atoms with Crippen LogP contribution >= 0.6 is 0 Å². The van der Waals surface area contributed by atoms with Gasteiger partial charge in [-0.3, -0.25) is 4.79 Å². The maximum atomic E-state index is 13.5. The molecule has 0 aliphatic carbocycles. The van der Waals surface area contributed by atoms with E-state index in [1.54, 1.807) is 15.8 Å². The van der Waals surface area contributed by atoms with Crippen molar-refractivity contribution in [3.05, 3.63) is 41.5 Å². The quantitative estimate of drug-likeness (QED) is 0.852. The van der Waals surface area contributed by atoms with Crippen molar-refractivity contribution in [1.82, 2.24) is 19.9 Å². The van der Waals surface area contributed by atoms with Gasteiger partial charge in [-0.2, -0.15) is 0 Å². The van der Waals surface area contributed by atoms with Crippen LogP contribution in [0.3, 0.4) is 0 Å². The molecule has 1 amide bonds. The standard InChI is InChI=1S/C15H15FN4O3/c16-11-3-1-2-10(14(11)21)15(22)19-5-4-13-12(7-19)20-9(8-23-13)6-17-18-20/h1-3,6,12-13,21H,4-5,7-8H2/t12-,13+/m0/s1. The van der Waals surface area contributed by atoms with Crippen LogP contribution in [0, 0.1) is 5.82 Å². The zero-order chi connectivity index (χ0) is 16.0. The number of hydrogen-bond acceptors (Lipinski definition) is 5. The molecular weight excluding hydrogens is 303 g/mol. The molecule has 23 heavy (non-hydrogen) atoms. The van der Waals surface area contributed by atoms with Crippen molar-refractivity contribution in [2.75, 3.05) is 13.1 Å². The zero-order valence-corrected chi connectivity index (χ0v) is 12.2. The molecule has 2 aliphatic heterocycles. The molecule has 1 N–H and O–H groups in total. The van der Waals surface area contributed by atoms with E-state index >= 15 is 0 Å². The number of benzene rings is 1. The largest absolute Gasteiger partial charge is 0.504 e. The Hall–Kier alpha value is -2.48. The monoisotopic (exact) mass is 318 g/mol. The molecule has 0 saturated carbocycles. The molecule has 2 aromatic rings. The van der Waals surface area contributed by atoms with Gasteiger partial charge in [0.15, 0.2) is 11.6 Å². The first-order valence-corrected chi connectivity index (χ1v) is 7.42. The Morgan fingerprint density at radius 3 is 3.17 bits per heavy atom. The number of piperidine rings is 1. The fraction of sp³-hybridized carbons (Fsp3) is 0.400. The Morgan fingerprint density at radius 1 is 1.43 bits per heavy atom. The van der Waals surface area contributed by atoms with Crippen LogP contribution in [0.5, 0.6) is 5.75 Å². The van der Waals surface area contributed by atoms with Crippen molar-refractivity contribution >= 4 is 5.91 Å². The summed E-state index contributed by atoms with van der Waals surface area (Å²) in [6.07, 6.45) is 2.29. The van der Waals surface area contributed by atoms with Crippen molar-refractivity contribution in [2.45, 2.75) is 25.2 Å². The van der Waals surface area contributed by atoms with Crippen molar-refractivity contribution in [3.8, 4) is 5.75 Å². The van der Waals surface area contributed by atoms with E-state index in [4.69, 9.17) is 4.74 Å². The number of phenolic OH excluding ortho intramolecular Hbond substituents is 1. The van der Waals surface area contributed by atoms with E-state index in [0.29, 0.717) is 26.1 Å². The average molecular weight is 318 g/mol. The molecule has 4 rings (SSSR count). The highest BCUT2D eigenvalue weighted by Gasteiger charge is 2.38. The van der Waals surface area contributed by atoms with Gasteiger partial charge in [-0.1, -0.05) is 11.3 Å². The van der Waals surface area contributed by atoms with Gasteiger partial charge in [0.1, 0.15) is 0 Å². The number of ether oxygens (including phenoxy) is 1. The molecule has 8 heteroatoms. The molecule has 1 aromatic carbocycles. The summed E-state index contributed by atoms with van der Waals surface area (Å²) in [4.78, 5) is 14.2. The van der Waals surface area contributed by atoms with Gasteiger partial charge in [0, 0.05) is 13.1 Å². The number of rotatable bonds is 1.